The zero-order valence-corrected chi connectivity index (χ0v) is 14.7. The van der Waals surface area contributed by atoms with Crippen molar-refractivity contribution in [2.24, 2.45) is 5.41 Å². The number of aromatic amines is 1. The monoisotopic (exact) mass is 378 g/mol. The summed E-state index contributed by atoms with van der Waals surface area (Å²) in [7, 11) is 0. The van der Waals surface area contributed by atoms with Crippen LogP contribution in [-0.2, 0) is 0 Å². The summed E-state index contributed by atoms with van der Waals surface area (Å²) in [5.41, 5.74) is -0.237. The van der Waals surface area contributed by atoms with Crippen LogP contribution < -0.4 is 10.6 Å². The van der Waals surface area contributed by atoms with Crippen molar-refractivity contribution in [3.63, 3.8) is 0 Å². The van der Waals surface area contributed by atoms with E-state index in [1.54, 1.807) is 11.3 Å². The van der Waals surface area contributed by atoms with Crippen molar-refractivity contribution in [1.29, 1.82) is 0 Å². The second kappa shape index (κ2) is 6.23. The van der Waals surface area contributed by atoms with Gasteiger partial charge in [-0.3, -0.25) is 14.7 Å². The Labute approximate surface area is 150 Å². The van der Waals surface area contributed by atoms with Gasteiger partial charge >= 0.3 is 0 Å². The van der Waals surface area contributed by atoms with Gasteiger partial charge in [-0.15, -0.1) is 22.7 Å². The lowest BCUT2D eigenvalue weighted by Crippen LogP contribution is -2.37. The van der Waals surface area contributed by atoms with E-state index in [0.29, 0.717) is 18.0 Å². The molecule has 0 bridgehead atoms. The largest absolute Gasteiger partial charge is 0.351 e. The fraction of sp³-hybridized carbons (Fsp3) is 0.312. The summed E-state index contributed by atoms with van der Waals surface area (Å²) in [6, 6.07) is 3.91. The first-order valence-electron chi connectivity index (χ1n) is 7.79. The highest BCUT2D eigenvalue weighted by Crippen LogP contribution is 2.44. The quantitative estimate of drug-likeness (QED) is 0.616. The number of rotatable bonds is 6. The lowest BCUT2D eigenvalue weighted by molar-refractivity contribution is 0.0934. The predicted octanol–water partition coefficient (Wildman–Crippen LogP) is 2.77. The average Bonchev–Trinajstić information content (AvgIpc) is 2.92. The van der Waals surface area contributed by atoms with Gasteiger partial charge in [0.15, 0.2) is 0 Å². The highest BCUT2D eigenvalue weighted by Gasteiger charge is 2.43. The van der Waals surface area contributed by atoms with Gasteiger partial charge in [0.05, 0.1) is 11.1 Å². The van der Waals surface area contributed by atoms with Crippen LogP contribution in [0.4, 0.5) is 4.39 Å². The van der Waals surface area contributed by atoms with Gasteiger partial charge in [-0.1, -0.05) is 0 Å². The lowest BCUT2D eigenvalue weighted by Gasteiger charge is -2.16. The zero-order valence-electron chi connectivity index (χ0n) is 13.1. The number of carbonyl (C=O) groups excluding carboxylic acids is 2. The highest BCUT2D eigenvalue weighted by molar-refractivity contribution is 7.27. The summed E-state index contributed by atoms with van der Waals surface area (Å²) in [6.07, 6.45) is 3.00. The fourth-order valence-electron chi connectivity index (χ4n) is 2.62. The smallest absolute Gasteiger partial charge is 0.261 e. The highest BCUT2D eigenvalue weighted by atomic mass is 32.1. The molecular formula is C16H15FN4O2S2. The Balaban J connectivity index is 1.31. The molecule has 0 aromatic carbocycles. The minimum atomic E-state index is -0.742. The van der Waals surface area contributed by atoms with Crippen LogP contribution in [0.25, 0.3) is 9.40 Å². The van der Waals surface area contributed by atoms with Crippen LogP contribution in [-0.4, -0.2) is 35.1 Å². The maximum atomic E-state index is 13.3. The zero-order chi connectivity index (χ0) is 17.4. The van der Waals surface area contributed by atoms with Crippen molar-refractivity contribution in [1.82, 2.24) is 20.8 Å². The molecule has 9 heteroatoms. The first-order chi connectivity index (χ1) is 12.1. The van der Waals surface area contributed by atoms with E-state index < -0.39 is 11.9 Å². The number of amides is 2. The van der Waals surface area contributed by atoms with Crippen LogP contribution in [0.3, 0.4) is 0 Å². The minimum Gasteiger partial charge on any atom is -0.351 e. The number of thiophene rings is 2. The number of halogens is 1. The third-order valence-corrected chi connectivity index (χ3v) is 6.50. The van der Waals surface area contributed by atoms with Gasteiger partial charge in [-0.25, -0.2) is 0 Å². The van der Waals surface area contributed by atoms with E-state index in [1.165, 1.54) is 11.3 Å². The number of fused-ring (bicyclic) bond motifs is 1. The lowest BCUT2D eigenvalue weighted by atomic mass is 10.1. The Morgan fingerprint density at radius 2 is 2.00 bits per heavy atom. The van der Waals surface area contributed by atoms with Gasteiger partial charge in [0.25, 0.3) is 11.8 Å². The van der Waals surface area contributed by atoms with Crippen molar-refractivity contribution in [2.75, 3.05) is 13.1 Å². The number of nitrogens with zero attached hydrogens (tertiary/aromatic N) is 1. The molecule has 0 spiro atoms. The maximum Gasteiger partial charge on any atom is 0.261 e. The molecule has 6 nitrogen and oxygen atoms in total. The number of aromatic nitrogens is 2. The van der Waals surface area contributed by atoms with E-state index in [0.717, 1.165) is 28.4 Å². The predicted molar refractivity (Wildman–Crippen MR) is 94.6 cm³/mol. The number of nitrogens with one attached hydrogen (secondary N) is 3. The SMILES string of the molecule is O=C(NCC1(CNC(=O)c2cn[nH]c2F)CC1)c1cc2sccc2s1. The van der Waals surface area contributed by atoms with E-state index in [9.17, 15) is 14.0 Å². The van der Waals surface area contributed by atoms with Crippen LogP contribution in [0.15, 0.2) is 23.7 Å². The average molecular weight is 378 g/mol. The number of carbonyl (C=O) groups is 2. The molecule has 1 saturated carbocycles. The molecule has 1 aliphatic carbocycles. The molecule has 0 atom stereocenters. The molecule has 1 fully saturated rings. The Morgan fingerprint density at radius 1 is 1.24 bits per heavy atom. The minimum absolute atomic E-state index is 0.0909. The summed E-state index contributed by atoms with van der Waals surface area (Å²) < 4.78 is 15.5. The third-order valence-electron chi connectivity index (χ3n) is 4.41. The molecule has 0 unspecified atom stereocenters. The van der Waals surface area contributed by atoms with Crippen molar-refractivity contribution in [3.05, 3.63) is 40.1 Å². The molecule has 3 N–H and O–H groups in total. The molecule has 0 aliphatic heterocycles. The Bertz CT molecular complexity index is 912. The molecule has 3 heterocycles. The van der Waals surface area contributed by atoms with Crippen molar-refractivity contribution in [2.45, 2.75) is 12.8 Å². The van der Waals surface area contributed by atoms with Crippen LogP contribution in [0.5, 0.6) is 0 Å². The summed E-state index contributed by atoms with van der Waals surface area (Å²) in [4.78, 5) is 24.9. The summed E-state index contributed by atoms with van der Waals surface area (Å²) >= 11 is 3.09. The van der Waals surface area contributed by atoms with Crippen LogP contribution >= 0.6 is 22.7 Å². The Hall–Kier alpha value is -2.26. The second-order valence-electron chi connectivity index (χ2n) is 6.22. The molecule has 130 valence electrons. The van der Waals surface area contributed by atoms with E-state index in [2.05, 4.69) is 20.8 Å². The van der Waals surface area contributed by atoms with E-state index >= 15 is 0 Å². The molecule has 2 amide bonds. The molecule has 3 aromatic heterocycles. The van der Waals surface area contributed by atoms with Crippen LogP contribution in [0.2, 0.25) is 0 Å². The first kappa shape index (κ1) is 16.2. The number of H-pyrrole nitrogens is 1. The van der Waals surface area contributed by atoms with Gasteiger partial charge in [-0.2, -0.15) is 9.49 Å². The van der Waals surface area contributed by atoms with Crippen LogP contribution in [0, 0.1) is 11.4 Å². The van der Waals surface area contributed by atoms with Crippen molar-refractivity contribution in [3.8, 4) is 0 Å². The van der Waals surface area contributed by atoms with Gasteiger partial charge < -0.3 is 10.6 Å². The Kier molecular flexibility index (Phi) is 4.04. The second-order valence-corrected chi connectivity index (χ2v) is 8.25. The molecule has 3 aromatic rings. The summed E-state index contributed by atoms with van der Waals surface area (Å²) in [5.74, 6) is -1.33. The van der Waals surface area contributed by atoms with E-state index in [-0.39, 0.29) is 16.9 Å². The molecule has 25 heavy (non-hydrogen) atoms. The maximum absolute atomic E-state index is 13.3. The topological polar surface area (TPSA) is 86.9 Å². The summed E-state index contributed by atoms with van der Waals surface area (Å²) in [5, 5.41) is 13.3. The van der Waals surface area contributed by atoms with E-state index in [1.807, 2.05) is 17.5 Å². The van der Waals surface area contributed by atoms with Crippen molar-refractivity contribution >= 4 is 43.9 Å². The molecule has 1 aliphatic rings. The molecule has 4 rings (SSSR count). The van der Waals surface area contributed by atoms with Crippen molar-refractivity contribution < 1.29 is 14.0 Å². The molecule has 0 saturated heterocycles. The van der Waals surface area contributed by atoms with Crippen LogP contribution in [0.1, 0.15) is 32.9 Å². The van der Waals surface area contributed by atoms with Gasteiger partial charge in [0, 0.05) is 27.9 Å². The number of hydrogen-bond donors (Lipinski definition) is 3. The standard InChI is InChI=1S/C16H15FN4O2S2/c17-13-9(6-20-21-13)14(22)18-7-16(2-3-16)8-19-15(23)12-5-11-10(25-12)1-4-24-11/h1,4-6H,2-3,7-8H2,(H,18,22)(H,19,23)(H,20,21). The van der Waals surface area contributed by atoms with Gasteiger partial charge in [0.2, 0.25) is 5.95 Å². The molecular weight excluding hydrogens is 363 g/mol. The van der Waals surface area contributed by atoms with E-state index in [4.69, 9.17) is 0 Å². The Morgan fingerprint density at radius 3 is 2.64 bits per heavy atom. The fourth-order valence-corrected chi connectivity index (χ4v) is 4.64. The van der Waals surface area contributed by atoms with Gasteiger partial charge in [0.1, 0.15) is 5.56 Å². The number of hydrogen-bond acceptors (Lipinski definition) is 5. The summed E-state index contributed by atoms with van der Waals surface area (Å²) in [6.45, 7) is 0.891. The van der Waals surface area contributed by atoms with Gasteiger partial charge in [-0.05, 0) is 30.4 Å². The third kappa shape index (κ3) is 3.29. The first-order valence-corrected chi connectivity index (χ1v) is 9.48. The molecule has 0 radical (unpaired) electrons. The normalized spacial score (nSPS) is 15.2.